The maximum absolute atomic E-state index is 12.7. The number of hydrogen-bond acceptors (Lipinski definition) is 3. The highest BCUT2D eigenvalue weighted by Gasteiger charge is 2.55. The van der Waals surface area contributed by atoms with Crippen molar-refractivity contribution in [1.82, 2.24) is 4.90 Å². The monoisotopic (exact) mass is 308 g/mol. The maximum atomic E-state index is 12.7. The summed E-state index contributed by atoms with van der Waals surface area (Å²) in [6.07, 6.45) is 1.43. The van der Waals surface area contributed by atoms with E-state index in [9.17, 15) is 4.79 Å². The lowest BCUT2D eigenvalue weighted by Gasteiger charge is -2.26. The average Bonchev–Trinajstić information content (AvgIpc) is 3.13. The van der Waals surface area contributed by atoms with Crippen molar-refractivity contribution in [2.75, 3.05) is 18.7 Å². The molecule has 2 saturated heterocycles. The van der Waals surface area contributed by atoms with Crippen LogP contribution < -0.4 is 5.06 Å². The highest BCUT2D eigenvalue weighted by Crippen LogP contribution is 2.47. The van der Waals surface area contributed by atoms with E-state index >= 15 is 0 Å². The van der Waals surface area contributed by atoms with Gasteiger partial charge in [0.05, 0.1) is 11.7 Å². The van der Waals surface area contributed by atoms with E-state index in [0.717, 1.165) is 18.7 Å². The van der Waals surface area contributed by atoms with E-state index < -0.39 is 5.60 Å². The molecule has 1 spiro atoms. The van der Waals surface area contributed by atoms with E-state index in [-0.39, 0.29) is 11.9 Å². The van der Waals surface area contributed by atoms with Gasteiger partial charge in [-0.2, -0.15) is 0 Å². The topological polar surface area (TPSA) is 32.8 Å². The van der Waals surface area contributed by atoms with Gasteiger partial charge < -0.3 is 4.90 Å². The number of rotatable bonds is 2. The molecule has 0 radical (unpaired) electrons. The van der Waals surface area contributed by atoms with Crippen molar-refractivity contribution < 1.29 is 9.63 Å². The molecule has 0 aliphatic carbocycles. The minimum Gasteiger partial charge on any atom is -0.343 e. The van der Waals surface area contributed by atoms with Crippen LogP contribution in [-0.4, -0.2) is 30.0 Å². The van der Waals surface area contributed by atoms with Gasteiger partial charge in [-0.1, -0.05) is 48.5 Å². The molecule has 2 aliphatic heterocycles. The predicted octanol–water partition coefficient (Wildman–Crippen LogP) is 3.17. The molecule has 2 heterocycles. The summed E-state index contributed by atoms with van der Waals surface area (Å²) in [7, 11) is 1.85. The molecular weight excluding hydrogens is 288 g/mol. The van der Waals surface area contributed by atoms with Crippen LogP contribution >= 0.6 is 0 Å². The number of para-hydroxylation sites is 1. The molecule has 4 nitrogen and oxygen atoms in total. The fourth-order valence-electron chi connectivity index (χ4n) is 3.60. The first-order valence-electron chi connectivity index (χ1n) is 8.04. The van der Waals surface area contributed by atoms with Crippen LogP contribution in [0.3, 0.4) is 0 Å². The van der Waals surface area contributed by atoms with Crippen LogP contribution in [-0.2, 0) is 9.63 Å². The van der Waals surface area contributed by atoms with E-state index in [2.05, 4.69) is 12.1 Å². The zero-order chi connectivity index (χ0) is 15.9. The number of benzene rings is 2. The lowest BCUT2D eigenvalue weighted by molar-refractivity contribution is -0.144. The number of hydroxylamine groups is 1. The molecule has 1 amide bonds. The van der Waals surface area contributed by atoms with Crippen molar-refractivity contribution in [2.24, 2.45) is 0 Å². The van der Waals surface area contributed by atoms with Gasteiger partial charge in [0, 0.05) is 26.4 Å². The van der Waals surface area contributed by atoms with Gasteiger partial charge in [0.1, 0.15) is 0 Å². The Morgan fingerprint density at radius 3 is 2.30 bits per heavy atom. The Labute approximate surface area is 136 Å². The smallest absolute Gasteiger partial charge is 0.257 e. The summed E-state index contributed by atoms with van der Waals surface area (Å²) in [6, 6.07) is 20.4. The number of amides is 1. The standard InChI is InChI=1S/C19H20N2O2/c1-20-13-12-19(18(20)22)14-17(15-8-4-2-5-9-15)21(23-19)16-10-6-3-7-11-16/h2-11,17H,12-14H2,1H3. The van der Waals surface area contributed by atoms with Gasteiger partial charge in [0.15, 0.2) is 5.60 Å². The summed E-state index contributed by atoms with van der Waals surface area (Å²) >= 11 is 0. The normalized spacial score (nSPS) is 27.2. The third-order valence-electron chi connectivity index (χ3n) is 4.86. The van der Waals surface area contributed by atoms with Crippen molar-refractivity contribution in [2.45, 2.75) is 24.5 Å². The van der Waals surface area contributed by atoms with Crippen molar-refractivity contribution in [3.63, 3.8) is 0 Å². The van der Waals surface area contributed by atoms with Crippen LogP contribution in [0.4, 0.5) is 5.69 Å². The number of carbonyl (C=O) groups excluding carboxylic acids is 1. The summed E-state index contributed by atoms with van der Waals surface area (Å²) in [5, 5.41) is 1.92. The van der Waals surface area contributed by atoms with Gasteiger partial charge in [0.25, 0.3) is 5.91 Å². The molecule has 0 bridgehead atoms. The van der Waals surface area contributed by atoms with Crippen molar-refractivity contribution >= 4 is 11.6 Å². The second kappa shape index (κ2) is 5.39. The van der Waals surface area contributed by atoms with E-state index in [1.807, 2.05) is 60.6 Å². The second-order valence-electron chi connectivity index (χ2n) is 6.35. The second-order valence-corrected chi connectivity index (χ2v) is 6.35. The summed E-state index contributed by atoms with van der Waals surface area (Å²) in [5.41, 5.74) is 1.45. The quantitative estimate of drug-likeness (QED) is 0.854. The van der Waals surface area contributed by atoms with Crippen LogP contribution in [0.15, 0.2) is 60.7 Å². The van der Waals surface area contributed by atoms with E-state index in [4.69, 9.17) is 4.84 Å². The Bertz CT molecular complexity index is 654. The number of nitrogens with zero attached hydrogens (tertiary/aromatic N) is 2. The predicted molar refractivity (Wildman–Crippen MR) is 88.8 cm³/mol. The van der Waals surface area contributed by atoms with Gasteiger partial charge in [-0.15, -0.1) is 0 Å². The Balaban J connectivity index is 1.74. The Morgan fingerprint density at radius 1 is 1.04 bits per heavy atom. The first-order valence-corrected chi connectivity index (χ1v) is 8.04. The molecule has 23 heavy (non-hydrogen) atoms. The highest BCUT2D eigenvalue weighted by atomic mass is 16.7. The van der Waals surface area contributed by atoms with Crippen molar-refractivity contribution in [3.8, 4) is 0 Å². The van der Waals surface area contributed by atoms with Crippen LogP contribution in [0.25, 0.3) is 0 Å². The van der Waals surface area contributed by atoms with Crippen LogP contribution in [0, 0.1) is 0 Å². The lowest BCUT2D eigenvalue weighted by atomic mass is 9.91. The molecule has 2 aromatic carbocycles. The molecule has 2 aliphatic rings. The molecule has 118 valence electrons. The number of hydrogen-bond donors (Lipinski definition) is 0. The number of likely N-dealkylation sites (N-methyl/N-ethyl adjacent to an activating group) is 1. The minimum atomic E-state index is -0.717. The number of likely N-dealkylation sites (tertiary alicyclic amines) is 1. The molecular formula is C19H20N2O2. The maximum Gasteiger partial charge on any atom is 0.257 e. The van der Waals surface area contributed by atoms with Gasteiger partial charge in [-0.3, -0.25) is 9.63 Å². The van der Waals surface area contributed by atoms with E-state index in [1.54, 1.807) is 4.90 Å². The third-order valence-corrected chi connectivity index (χ3v) is 4.86. The fourth-order valence-corrected chi connectivity index (χ4v) is 3.60. The summed E-state index contributed by atoms with van der Waals surface area (Å²) < 4.78 is 0. The van der Waals surface area contributed by atoms with Crippen LogP contribution in [0.2, 0.25) is 0 Å². The first-order chi connectivity index (χ1) is 11.2. The molecule has 0 N–H and O–H groups in total. The van der Waals surface area contributed by atoms with Crippen LogP contribution in [0.1, 0.15) is 24.4 Å². The van der Waals surface area contributed by atoms with Crippen molar-refractivity contribution in [3.05, 3.63) is 66.2 Å². The zero-order valence-electron chi connectivity index (χ0n) is 13.2. The average molecular weight is 308 g/mol. The Hall–Kier alpha value is -2.33. The molecule has 2 unspecified atom stereocenters. The van der Waals surface area contributed by atoms with Crippen molar-refractivity contribution in [1.29, 1.82) is 0 Å². The highest BCUT2D eigenvalue weighted by molar-refractivity contribution is 5.88. The molecule has 4 rings (SSSR count). The Morgan fingerprint density at radius 2 is 1.70 bits per heavy atom. The van der Waals surface area contributed by atoms with Crippen LogP contribution in [0.5, 0.6) is 0 Å². The van der Waals surface area contributed by atoms with Gasteiger partial charge in [-0.25, -0.2) is 5.06 Å². The molecule has 0 aromatic heterocycles. The molecule has 2 aromatic rings. The summed E-state index contributed by atoms with van der Waals surface area (Å²) in [4.78, 5) is 20.7. The first kappa shape index (κ1) is 14.3. The van der Waals surface area contributed by atoms with E-state index in [1.165, 1.54) is 5.56 Å². The third kappa shape index (κ3) is 2.30. The fraction of sp³-hybridized carbons (Fsp3) is 0.316. The van der Waals surface area contributed by atoms with Gasteiger partial charge in [-0.05, 0) is 17.7 Å². The van der Waals surface area contributed by atoms with Gasteiger partial charge in [0.2, 0.25) is 0 Å². The zero-order valence-corrected chi connectivity index (χ0v) is 13.2. The SMILES string of the molecule is CN1CCC2(CC(c3ccccc3)N(c3ccccc3)O2)C1=O. The number of anilines is 1. The molecule has 4 heteroatoms. The largest absolute Gasteiger partial charge is 0.343 e. The molecule has 2 fully saturated rings. The van der Waals surface area contributed by atoms with Gasteiger partial charge >= 0.3 is 0 Å². The lowest BCUT2D eigenvalue weighted by Crippen LogP contribution is -2.39. The molecule has 0 saturated carbocycles. The number of carbonyl (C=O) groups is 1. The summed E-state index contributed by atoms with van der Waals surface area (Å²) in [5.74, 6) is 0.0943. The Kier molecular flexibility index (Phi) is 3.34. The summed E-state index contributed by atoms with van der Waals surface area (Å²) in [6.45, 7) is 0.753. The minimum absolute atomic E-state index is 0.0500. The molecule has 2 atom stereocenters. The van der Waals surface area contributed by atoms with E-state index in [0.29, 0.717) is 6.42 Å².